The number of nitrogens with zero attached hydrogens (tertiary/aromatic N) is 2. The van der Waals surface area contributed by atoms with Gasteiger partial charge in [0.1, 0.15) is 11.3 Å². The summed E-state index contributed by atoms with van der Waals surface area (Å²) in [4.78, 5) is 30.6. The first-order valence-corrected chi connectivity index (χ1v) is 8.38. The SMILES string of the molecule is CNC(=O)C1CCN(C(=O)c2cccnc2Oc2ccccc2)CC1. The van der Waals surface area contributed by atoms with E-state index < -0.39 is 0 Å². The Kier molecular flexibility index (Phi) is 5.28. The van der Waals surface area contributed by atoms with E-state index in [9.17, 15) is 9.59 Å². The largest absolute Gasteiger partial charge is 0.438 e. The lowest BCUT2D eigenvalue weighted by atomic mass is 9.95. The molecule has 0 saturated carbocycles. The van der Waals surface area contributed by atoms with E-state index in [1.165, 1.54) is 0 Å². The molecular weight excluding hydrogens is 318 g/mol. The van der Waals surface area contributed by atoms with E-state index in [2.05, 4.69) is 10.3 Å². The van der Waals surface area contributed by atoms with Gasteiger partial charge in [-0.05, 0) is 37.1 Å². The summed E-state index contributed by atoms with van der Waals surface area (Å²) in [6, 6.07) is 12.7. The first kappa shape index (κ1) is 17.0. The van der Waals surface area contributed by atoms with Gasteiger partial charge in [-0.3, -0.25) is 9.59 Å². The number of hydrogen-bond acceptors (Lipinski definition) is 4. The molecular formula is C19H21N3O3. The zero-order valence-corrected chi connectivity index (χ0v) is 14.1. The van der Waals surface area contributed by atoms with Gasteiger partial charge in [-0.1, -0.05) is 18.2 Å². The number of rotatable bonds is 4. The fourth-order valence-corrected chi connectivity index (χ4v) is 2.95. The lowest BCUT2D eigenvalue weighted by Gasteiger charge is -2.31. The monoisotopic (exact) mass is 339 g/mol. The number of benzene rings is 1. The fraction of sp³-hybridized carbons (Fsp3) is 0.316. The quantitative estimate of drug-likeness (QED) is 0.929. The second-order valence-corrected chi connectivity index (χ2v) is 5.95. The van der Waals surface area contributed by atoms with E-state index in [1.54, 1.807) is 30.3 Å². The minimum absolute atomic E-state index is 0.0250. The van der Waals surface area contributed by atoms with Gasteiger partial charge >= 0.3 is 0 Å². The molecule has 6 nitrogen and oxygen atoms in total. The summed E-state index contributed by atoms with van der Waals surface area (Å²) in [5.74, 6) is 0.833. The van der Waals surface area contributed by atoms with Crippen molar-refractivity contribution in [2.45, 2.75) is 12.8 Å². The molecule has 1 aliphatic heterocycles. The number of likely N-dealkylation sites (tertiary alicyclic amines) is 1. The van der Waals surface area contributed by atoms with Crippen molar-refractivity contribution >= 4 is 11.8 Å². The Balaban J connectivity index is 1.72. The van der Waals surface area contributed by atoms with Crippen molar-refractivity contribution in [2.75, 3.05) is 20.1 Å². The summed E-state index contributed by atoms with van der Waals surface area (Å²) in [6.07, 6.45) is 2.94. The predicted molar refractivity (Wildman–Crippen MR) is 93.4 cm³/mol. The number of amides is 2. The van der Waals surface area contributed by atoms with Crippen LogP contribution in [0.3, 0.4) is 0 Å². The van der Waals surface area contributed by atoms with Crippen LogP contribution in [-0.4, -0.2) is 41.8 Å². The van der Waals surface area contributed by atoms with Crippen molar-refractivity contribution in [3.8, 4) is 11.6 Å². The summed E-state index contributed by atoms with van der Waals surface area (Å²) in [5, 5.41) is 2.67. The molecule has 0 bridgehead atoms. The van der Waals surface area contributed by atoms with Gasteiger partial charge in [0.05, 0.1) is 0 Å². The molecule has 1 saturated heterocycles. The molecule has 1 aromatic heterocycles. The smallest absolute Gasteiger partial charge is 0.259 e. The maximum absolute atomic E-state index is 12.9. The first-order valence-electron chi connectivity index (χ1n) is 8.38. The highest BCUT2D eigenvalue weighted by molar-refractivity contribution is 5.96. The van der Waals surface area contributed by atoms with Crippen molar-refractivity contribution in [2.24, 2.45) is 5.92 Å². The zero-order valence-electron chi connectivity index (χ0n) is 14.1. The molecule has 0 atom stereocenters. The van der Waals surface area contributed by atoms with Gasteiger partial charge in [0.15, 0.2) is 0 Å². The number of hydrogen-bond donors (Lipinski definition) is 1. The van der Waals surface area contributed by atoms with Gasteiger partial charge < -0.3 is 15.0 Å². The molecule has 2 amide bonds. The normalized spacial score (nSPS) is 14.8. The summed E-state index contributed by atoms with van der Waals surface area (Å²) < 4.78 is 5.78. The number of carbonyl (C=O) groups excluding carboxylic acids is 2. The number of carbonyl (C=O) groups is 2. The molecule has 0 aliphatic carbocycles. The van der Waals surface area contributed by atoms with Crippen molar-refractivity contribution < 1.29 is 14.3 Å². The fourth-order valence-electron chi connectivity index (χ4n) is 2.95. The van der Waals surface area contributed by atoms with Gasteiger partial charge in [-0.25, -0.2) is 4.98 Å². The summed E-state index contributed by atoms with van der Waals surface area (Å²) in [6.45, 7) is 1.10. The lowest BCUT2D eigenvalue weighted by Crippen LogP contribution is -2.42. The van der Waals surface area contributed by atoms with Crippen LogP contribution in [0.25, 0.3) is 0 Å². The van der Waals surface area contributed by atoms with E-state index in [1.807, 2.05) is 30.3 Å². The molecule has 25 heavy (non-hydrogen) atoms. The summed E-state index contributed by atoms with van der Waals surface area (Å²) in [5.41, 5.74) is 0.435. The van der Waals surface area contributed by atoms with Crippen LogP contribution in [-0.2, 0) is 4.79 Å². The molecule has 0 spiro atoms. The Morgan fingerprint density at radius 1 is 1.12 bits per heavy atom. The van der Waals surface area contributed by atoms with E-state index in [-0.39, 0.29) is 17.7 Å². The summed E-state index contributed by atoms with van der Waals surface area (Å²) >= 11 is 0. The van der Waals surface area contributed by atoms with Gasteiger partial charge in [-0.2, -0.15) is 0 Å². The average molecular weight is 339 g/mol. The van der Waals surface area contributed by atoms with Crippen LogP contribution in [0.2, 0.25) is 0 Å². The molecule has 1 aromatic carbocycles. The standard InChI is InChI=1S/C19H21N3O3/c1-20-17(23)14-9-12-22(13-10-14)19(24)16-8-5-11-21-18(16)25-15-6-3-2-4-7-15/h2-8,11,14H,9-10,12-13H2,1H3,(H,20,23). The molecule has 3 rings (SSSR count). The van der Waals surface area contributed by atoms with Crippen LogP contribution in [0.4, 0.5) is 0 Å². The Labute approximate surface area is 146 Å². The van der Waals surface area contributed by atoms with Crippen molar-refractivity contribution in [1.82, 2.24) is 15.2 Å². The molecule has 2 heterocycles. The van der Waals surface area contributed by atoms with Crippen LogP contribution in [0, 0.1) is 5.92 Å². The van der Waals surface area contributed by atoms with E-state index in [0.29, 0.717) is 43.1 Å². The predicted octanol–water partition coefficient (Wildman–Crippen LogP) is 2.47. The second kappa shape index (κ2) is 7.79. The van der Waals surface area contributed by atoms with Gasteiger partial charge in [0.2, 0.25) is 11.8 Å². The minimum atomic E-state index is -0.116. The molecule has 2 aromatic rings. The Bertz CT molecular complexity index is 741. The van der Waals surface area contributed by atoms with Gasteiger partial charge in [-0.15, -0.1) is 0 Å². The van der Waals surface area contributed by atoms with E-state index in [4.69, 9.17) is 4.74 Å². The van der Waals surface area contributed by atoms with Crippen LogP contribution in [0.15, 0.2) is 48.7 Å². The average Bonchev–Trinajstić information content (AvgIpc) is 2.68. The van der Waals surface area contributed by atoms with Crippen LogP contribution >= 0.6 is 0 Å². The Morgan fingerprint density at radius 2 is 1.84 bits per heavy atom. The third kappa shape index (κ3) is 3.96. The number of piperidine rings is 1. The molecule has 1 N–H and O–H groups in total. The Morgan fingerprint density at radius 3 is 2.52 bits per heavy atom. The Hall–Kier alpha value is -2.89. The highest BCUT2D eigenvalue weighted by atomic mass is 16.5. The minimum Gasteiger partial charge on any atom is -0.438 e. The van der Waals surface area contributed by atoms with Crippen molar-refractivity contribution in [3.63, 3.8) is 0 Å². The zero-order chi connectivity index (χ0) is 17.6. The maximum Gasteiger partial charge on any atom is 0.259 e. The highest BCUT2D eigenvalue weighted by Crippen LogP contribution is 2.25. The van der Waals surface area contributed by atoms with E-state index >= 15 is 0 Å². The van der Waals surface area contributed by atoms with Gasteiger partial charge in [0.25, 0.3) is 5.91 Å². The second-order valence-electron chi connectivity index (χ2n) is 5.95. The molecule has 0 radical (unpaired) electrons. The van der Waals surface area contributed by atoms with Crippen molar-refractivity contribution in [1.29, 1.82) is 0 Å². The first-order chi connectivity index (χ1) is 12.2. The molecule has 130 valence electrons. The van der Waals surface area contributed by atoms with Crippen LogP contribution < -0.4 is 10.1 Å². The molecule has 0 unspecified atom stereocenters. The topological polar surface area (TPSA) is 71.5 Å². The van der Waals surface area contributed by atoms with Gasteiger partial charge in [0, 0.05) is 32.3 Å². The number of para-hydroxylation sites is 1. The number of ether oxygens (including phenoxy) is 1. The maximum atomic E-state index is 12.9. The van der Waals surface area contributed by atoms with Crippen LogP contribution in [0.5, 0.6) is 11.6 Å². The number of nitrogens with one attached hydrogen (secondary N) is 1. The number of pyridine rings is 1. The summed E-state index contributed by atoms with van der Waals surface area (Å²) in [7, 11) is 1.64. The van der Waals surface area contributed by atoms with Crippen LogP contribution in [0.1, 0.15) is 23.2 Å². The third-order valence-electron chi connectivity index (χ3n) is 4.36. The molecule has 6 heteroatoms. The van der Waals surface area contributed by atoms with E-state index in [0.717, 1.165) is 0 Å². The molecule has 1 aliphatic rings. The third-order valence-corrected chi connectivity index (χ3v) is 4.36. The lowest BCUT2D eigenvalue weighted by molar-refractivity contribution is -0.125. The van der Waals surface area contributed by atoms with Crippen molar-refractivity contribution in [3.05, 3.63) is 54.2 Å². The number of aromatic nitrogens is 1. The molecule has 1 fully saturated rings. The highest BCUT2D eigenvalue weighted by Gasteiger charge is 2.28.